The maximum atomic E-state index is 5.76. The first-order chi connectivity index (χ1) is 8.12. The molecule has 1 unspecified atom stereocenters. The summed E-state index contributed by atoms with van der Waals surface area (Å²) in [7, 11) is 7.39. The van der Waals surface area contributed by atoms with Gasteiger partial charge in [-0.2, -0.15) is 0 Å². The lowest BCUT2D eigenvalue weighted by molar-refractivity contribution is 0.294. The summed E-state index contributed by atoms with van der Waals surface area (Å²) in [5.74, 6) is 1.66. The Kier molecular flexibility index (Phi) is 5.25. The van der Waals surface area contributed by atoms with Crippen molar-refractivity contribution in [2.75, 3.05) is 34.9 Å². The number of hydrogen-bond acceptors (Lipinski definition) is 4. The maximum Gasteiger partial charge on any atom is 0.125 e. The highest BCUT2D eigenvalue weighted by molar-refractivity contribution is 5.41. The van der Waals surface area contributed by atoms with E-state index in [1.165, 1.54) is 0 Å². The molecular formula is C13H22N2O2. The van der Waals surface area contributed by atoms with Gasteiger partial charge in [0.2, 0.25) is 0 Å². The van der Waals surface area contributed by atoms with Crippen LogP contribution in [0.25, 0.3) is 0 Å². The van der Waals surface area contributed by atoms with E-state index in [-0.39, 0.29) is 0 Å². The number of rotatable bonds is 6. The second kappa shape index (κ2) is 6.47. The number of hydrogen-bond donors (Lipinski definition) is 1. The fourth-order valence-electron chi connectivity index (χ4n) is 1.75. The third kappa shape index (κ3) is 3.61. The Balaban J connectivity index is 2.89. The lowest BCUT2D eigenvalue weighted by atomic mass is 10.0. The van der Waals surface area contributed by atoms with Gasteiger partial charge in [-0.15, -0.1) is 0 Å². The molecule has 0 amide bonds. The maximum absolute atomic E-state index is 5.76. The van der Waals surface area contributed by atoms with Crippen LogP contribution in [0, 0.1) is 0 Å². The van der Waals surface area contributed by atoms with E-state index in [9.17, 15) is 0 Å². The highest BCUT2D eigenvalue weighted by Gasteiger charge is 2.13. The summed E-state index contributed by atoms with van der Waals surface area (Å²) in [5, 5.41) is 0. The standard InChI is InChI=1S/C13H22N2O2/c1-15(2)11(9-14)7-10-5-6-12(16-3)8-13(10)17-4/h5-6,8,11H,7,9,14H2,1-4H3. The first kappa shape index (κ1) is 13.8. The molecule has 1 aromatic carbocycles. The molecule has 4 heteroatoms. The number of methoxy groups -OCH3 is 2. The molecule has 0 radical (unpaired) electrons. The summed E-state index contributed by atoms with van der Waals surface area (Å²) in [4.78, 5) is 2.13. The van der Waals surface area contributed by atoms with E-state index in [4.69, 9.17) is 15.2 Å². The molecule has 4 nitrogen and oxygen atoms in total. The fraction of sp³-hybridized carbons (Fsp3) is 0.538. The minimum absolute atomic E-state index is 0.317. The number of ether oxygens (including phenoxy) is 2. The van der Waals surface area contributed by atoms with Crippen molar-refractivity contribution in [2.45, 2.75) is 12.5 Å². The van der Waals surface area contributed by atoms with Gasteiger partial charge in [0, 0.05) is 18.7 Å². The van der Waals surface area contributed by atoms with Gasteiger partial charge in [0.05, 0.1) is 14.2 Å². The molecule has 2 N–H and O–H groups in total. The van der Waals surface area contributed by atoms with Gasteiger partial charge >= 0.3 is 0 Å². The number of likely N-dealkylation sites (N-methyl/N-ethyl adjacent to an activating group) is 1. The summed E-state index contributed by atoms with van der Waals surface area (Å²) in [5.41, 5.74) is 6.91. The Labute approximate surface area is 103 Å². The summed E-state index contributed by atoms with van der Waals surface area (Å²) in [6.45, 7) is 0.627. The average molecular weight is 238 g/mol. The third-order valence-corrected chi connectivity index (χ3v) is 2.95. The zero-order chi connectivity index (χ0) is 12.8. The molecule has 1 atom stereocenters. The molecule has 1 rings (SSSR count). The van der Waals surface area contributed by atoms with Crippen LogP contribution < -0.4 is 15.2 Å². The third-order valence-electron chi connectivity index (χ3n) is 2.95. The van der Waals surface area contributed by atoms with Crippen LogP contribution in [0.15, 0.2) is 18.2 Å². The second-order valence-electron chi connectivity index (χ2n) is 4.24. The van der Waals surface area contributed by atoms with Crippen molar-refractivity contribution in [3.8, 4) is 11.5 Å². The van der Waals surface area contributed by atoms with Crippen molar-refractivity contribution in [2.24, 2.45) is 5.73 Å². The van der Waals surface area contributed by atoms with Crippen LogP contribution in [0.1, 0.15) is 5.56 Å². The Hall–Kier alpha value is -1.26. The van der Waals surface area contributed by atoms with E-state index in [0.717, 1.165) is 23.5 Å². The van der Waals surface area contributed by atoms with E-state index >= 15 is 0 Å². The summed E-state index contributed by atoms with van der Waals surface area (Å²) in [6, 6.07) is 6.20. The number of nitrogens with two attached hydrogens (primary N) is 1. The molecule has 0 aliphatic rings. The summed E-state index contributed by atoms with van der Waals surface area (Å²) >= 11 is 0. The normalized spacial score (nSPS) is 12.6. The molecule has 0 fully saturated rings. The van der Waals surface area contributed by atoms with Gasteiger partial charge < -0.3 is 20.1 Å². The smallest absolute Gasteiger partial charge is 0.125 e. The molecule has 0 spiro atoms. The lowest BCUT2D eigenvalue weighted by Crippen LogP contribution is -2.36. The van der Waals surface area contributed by atoms with Gasteiger partial charge in [-0.1, -0.05) is 6.07 Å². The van der Waals surface area contributed by atoms with E-state index in [0.29, 0.717) is 12.6 Å². The molecule has 0 aliphatic heterocycles. The molecule has 96 valence electrons. The van der Waals surface area contributed by atoms with E-state index in [1.54, 1.807) is 14.2 Å². The zero-order valence-corrected chi connectivity index (χ0v) is 11.1. The SMILES string of the molecule is COc1ccc(CC(CN)N(C)C)c(OC)c1. The van der Waals surface area contributed by atoms with Crippen molar-refractivity contribution in [1.29, 1.82) is 0 Å². The van der Waals surface area contributed by atoms with Crippen LogP contribution in [-0.4, -0.2) is 45.8 Å². The first-order valence-electron chi connectivity index (χ1n) is 5.69. The molecule has 0 aromatic heterocycles. The highest BCUT2D eigenvalue weighted by atomic mass is 16.5. The van der Waals surface area contributed by atoms with Crippen molar-refractivity contribution < 1.29 is 9.47 Å². The van der Waals surface area contributed by atoms with Crippen LogP contribution >= 0.6 is 0 Å². The first-order valence-corrected chi connectivity index (χ1v) is 5.69. The second-order valence-corrected chi connectivity index (χ2v) is 4.24. The van der Waals surface area contributed by atoms with Gasteiger partial charge in [0.25, 0.3) is 0 Å². The van der Waals surface area contributed by atoms with E-state index in [1.807, 2.05) is 32.3 Å². The molecule has 0 aliphatic carbocycles. The van der Waals surface area contributed by atoms with Crippen molar-refractivity contribution in [3.63, 3.8) is 0 Å². The van der Waals surface area contributed by atoms with Crippen LogP contribution in [0.4, 0.5) is 0 Å². The summed E-state index contributed by atoms with van der Waals surface area (Å²) < 4.78 is 10.5. The molecule has 0 saturated heterocycles. The predicted octanol–water partition coefficient (Wildman–Crippen LogP) is 1.14. The predicted molar refractivity (Wildman–Crippen MR) is 69.8 cm³/mol. The molecule has 1 aromatic rings. The Bertz CT molecular complexity index is 353. The van der Waals surface area contributed by atoms with Gasteiger partial charge in [0.15, 0.2) is 0 Å². The highest BCUT2D eigenvalue weighted by Crippen LogP contribution is 2.25. The summed E-state index contributed by atoms with van der Waals surface area (Å²) in [6.07, 6.45) is 0.872. The number of benzene rings is 1. The zero-order valence-electron chi connectivity index (χ0n) is 11.1. The Morgan fingerprint density at radius 1 is 1.24 bits per heavy atom. The quantitative estimate of drug-likeness (QED) is 0.807. The largest absolute Gasteiger partial charge is 0.497 e. The van der Waals surface area contributed by atoms with Gasteiger partial charge in [-0.25, -0.2) is 0 Å². The van der Waals surface area contributed by atoms with E-state index in [2.05, 4.69) is 4.90 Å². The molecule has 17 heavy (non-hydrogen) atoms. The van der Waals surface area contributed by atoms with Crippen molar-refractivity contribution >= 4 is 0 Å². The average Bonchev–Trinajstić information content (AvgIpc) is 2.35. The monoisotopic (exact) mass is 238 g/mol. The minimum atomic E-state index is 0.317. The Morgan fingerprint density at radius 2 is 1.94 bits per heavy atom. The van der Waals surface area contributed by atoms with Gasteiger partial charge in [-0.05, 0) is 32.1 Å². The van der Waals surface area contributed by atoms with Crippen molar-refractivity contribution in [3.05, 3.63) is 23.8 Å². The topological polar surface area (TPSA) is 47.7 Å². The lowest BCUT2D eigenvalue weighted by Gasteiger charge is -2.23. The minimum Gasteiger partial charge on any atom is -0.497 e. The fourth-order valence-corrected chi connectivity index (χ4v) is 1.75. The van der Waals surface area contributed by atoms with E-state index < -0.39 is 0 Å². The number of nitrogens with zero attached hydrogens (tertiary/aromatic N) is 1. The van der Waals surface area contributed by atoms with Crippen molar-refractivity contribution in [1.82, 2.24) is 4.90 Å². The molecular weight excluding hydrogens is 216 g/mol. The molecule has 0 bridgehead atoms. The molecule has 0 heterocycles. The van der Waals surface area contributed by atoms with Crippen LogP contribution in [0.2, 0.25) is 0 Å². The van der Waals surface area contributed by atoms with Crippen LogP contribution in [-0.2, 0) is 6.42 Å². The van der Waals surface area contributed by atoms with Gasteiger partial charge in [-0.3, -0.25) is 0 Å². The molecule has 0 saturated carbocycles. The Morgan fingerprint density at radius 3 is 2.41 bits per heavy atom. The van der Waals surface area contributed by atoms with Gasteiger partial charge in [0.1, 0.15) is 11.5 Å². The van der Waals surface area contributed by atoms with Crippen LogP contribution in [0.3, 0.4) is 0 Å². The van der Waals surface area contributed by atoms with Crippen LogP contribution in [0.5, 0.6) is 11.5 Å².